The first-order valence-electron chi connectivity index (χ1n) is 24.2. The zero-order valence-electron chi connectivity index (χ0n) is 42.2. The van der Waals surface area contributed by atoms with E-state index in [0.29, 0.717) is 39.5 Å². The zero-order valence-corrected chi connectivity index (χ0v) is 44.5. The van der Waals surface area contributed by atoms with Gasteiger partial charge in [-0.15, -0.1) is 0 Å². The van der Waals surface area contributed by atoms with Gasteiger partial charge in [0.05, 0.1) is 22.8 Å². The third-order valence-electron chi connectivity index (χ3n) is 13.7. The van der Waals surface area contributed by atoms with E-state index in [9.17, 15) is 10.2 Å². The molecule has 0 spiro atoms. The van der Waals surface area contributed by atoms with E-state index in [1.54, 1.807) is 12.1 Å². The van der Waals surface area contributed by atoms with Crippen molar-refractivity contribution in [3.05, 3.63) is 192 Å². The molecule has 3 aromatic heterocycles. The first-order valence-corrected chi connectivity index (χ1v) is 24.2. The van der Waals surface area contributed by atoms with E-state index >= 15 is 0 Å². The largest absolute Gasteiger partial charge is 0.507 e. The third kappa shape index (κ3) is 9.49. The molecule has 5 nitrogen and oxygen atoms in total. The van der Waals surface area contributed by atoms with E-state index in [2.05, 4.69) is 172 Å². The molecule has 3 heterocycles. The van der Waals surface area contributed by atoms with Crippen LogP contribution in [0.15, 0.2) is 174 Å². The Labute approximate surface area is 432 Å². The van der Waals surface area contributed by atoms with E-state index in [1.165, 1.54) is 16.7 Å². The van der Waals surface area contributed by atoms with Gasteiger partial charge < -0.3 is 14.6 Å². The van der Waals surface area contributed by atoms with Crippen LogP contribution in [0.2, 0.25) is 0 Å². The zero-order chi connectivity index (χ0) is 49.3. The Bertz CT molecular complexity index is 3530. The molecular weight excluding hydrogens is 1050 g/mol. The molecule has 0 fully saturated rings. The van der Waals surface area contributed by atoms with Crippen LogP contribution in [0.25, 0.3) is 100 Å². The molecule has 7 aromatic carbocycles. The van der Waals surface area contributed by atoms with Gasteiger partial charge in [0, 0.05) is 43.0 Å². The minimum atomic E-state index is -0.112. The number of para-hydroxylation sites is 1. The number of furan rings is 1. The molecule has 0 radical (unpaired) electrons. The quantitative estimate of drug-likeness (QED) is 0.166. The molecule has 0 aliphatic carbocycles. The summed E-state index contributed by atoms with van der Waals surface area (Å²) in [6.45, 7) is 22.3. The van der Waals surface area contributed by atoms with Crippen molar-refractivity contribution < 1.29 is 35.7 Å². The van der Waals surface area contributed by atoms with Crippen molar-refractivity contribution in [2.75, 3.05) is 0 Å². The molecular formula is C65H60N2O3Pt. The van der Waals surface area contributed by atoms with Crippen LogP contribution < -0.4 is 0 Å². The second-order valence-electron chi connectivity index (χ2n) is 21.9. The van der Waals surface area contributed by atoms with Crippen LogP contribution in [0.5, 0.6) is 11.5 Å². The monoisotopic (exact) mass is 1110 g/mol. The van der Waals surface area contributed by atoms with Crippen LogP contribution in [0.1, 0.15) is 84.6 Å². The number of phenols is 2. The number of rotatable bonds is 7. The molecule has 0 aliphatic heterocycles. The standard InChI is InChI=1S/C65H60N2O3.Pt/c1-39-47(62-49(40-20-13-11-14-21-40)35-46(65(8,9)10)36-50(62)41-22-15-12-16-23-41)28-29-57(68)61(39)54-26-19-25-53(66-54)56-33-43(42-30-44(63(2,3)4)34-45(31-42)64(5,6)7)32-55(67-56)52-38-60-51(37-58(52)69)48-24-17-18-27-59(48)70-60;/h11-38,68-69H,1-10H3;. The summed E-state index contributed by atoms with van der Waals surface area (Å²) >= 11 is 0. The average Bonchev–Trinajstić information content (AvgIpc) is 3.70. The summed E-state index contributed by atoms with van der Waals surface area (Å²) in [5, 5.41) is 25.6. The minimum Gasteiger partial charge on any atom is -0.507 e. The SMILES string of the molecule is Cc1c(-c2c(-c3ccccc3)cc(C(C)(C)C)cc2-c2ccccc2)ccc(O)c1-c1cccc(-c2cc(-c3cc(C(C)(C)C)cc(C(C)(C)C)c3)cc(-c3cc4oc5ccccc5c4cc3O)n2)n1.[Pt]. The van der Waals surface area contributed by atoms with Gasteiger partial charge in [-0.1, -0.05) is 172 Å². The van der Waals surface area contributed by atoms with Gasteiger partial charge in [-0.3, -0.25) is 0 Å². The molecule has 0 saturated heterocycles. The molecule has 0 atom stereocenters. The maximum Gasteiger partial charge on any atom is 0.136 e. The van der Waals surface area contributed by atoms with Gasteiger partial charge in [-0.05, 0) is 151 Å². The second kappa shape index (κ2) is 18.6. The molecule has 0 saturated carbocycles. The van der Waals surface area contributed by atoms with Gasteiger partial charge >= 0.3 is 0 Å². The van der Waals surface area contributed by atoms with Gasteiger partial charge in [0.25, 0.3) is 0 Å². The maximum atomic E-state index is 11.9. The molecule has 10 rings (SSSR count). The number of benzene rings is 7. The van der Waals surface area contributed by atoms with Crippen molar-refractivity contribution in [2.24, 2.45) is 0 Å². The summed E-state index contributed by atoms with van der Waals surface area (Å²) in [6, 6.07) is 58.2. The van der Waals surface area contributed by atoms with Crippen LogP contribution in [0, 0.1) is 6.92 Å². The third-order valence-corrected chi connectivity index (χ3v) is 13.7. The number of aromatic hydroxyl groups is 2. The predicted molar refractivity (Wildman–Crippen MR) is 292 cm³/mol. The fourth-order valence-corrected chi connectivity index (χ4v) is 9.66. The van der Waals surface area contributed by atoms with Crippen molar-refractivity contribution >= 4 is 21.9 Å². The molecule has 2 N–H and O–H groups in total. The first-order chi connectivity index (χ1) is 33.3. The van der Waals surface area contributed by atoms with Crippen LogP contribution >= 0.6 is 0 Å². The summed E-state index contributed by atoms with van der Waals surface area (Å²) in [5.74, 6) is 0.243. The van der Waals surface area contributed by atoms with Gasteiger partial charge in [0.1, 0.15) is 22.7 Å². The Morgan fingerprint density at radius 1 is 0.366 bits per heavy atom. The van der Waals surface area contributed by atoms with Gasteiger partial charge in [-0.2, -0.15) is 0 Å². The van der Waals surface area contributed by atoms with Gasteiger partial charge in [0.15, 0.2) is 0 Å². The fraction of sp³-hybridized carbons (Fsp3) is 0.200. The van der Waals surface area contributed by atoms with E-state index < -0.39 is 0 Å². The number of aromatic nitrogens is 2. The maximum absolute atomic E-state index is 11.9. The molecule has 0 amide bonds. The number of pyridine rings is 2. The van der Waals surface area contributed by atoms with Crippen molar-refractivity contribution in [1.29, 1.82) is 0 Å². The molecule has 0 aliphatic rings. The molecule has 6 heteroatoms. The summed E-state index contributed by atoms with van der Waals surface area (Å²) in [7, 11) is 0. The predicted octanol–water partition coefficient (Wildman–Crippen LogP) is 17.7. The Kier molecular flexibility index (Phi) is 12.8. The number of hydrogen-bond acceptors (Lipinski definition) is 5. The number of nitrogens with zero attached hydrogens (tertiary/aromatic N) is 2. The van der Waals surface area contributed by atoms with E-state index in [1.807, 2.05) is 54.6 Å². The Hall–Kier alpha value is -7.07. The van der Waals surface area contributed by atoms with E-state index in [-0.39, 0.29) is 48.8 Å². The van der Waals surface area contributed by atoms with Crippen LogP contribution in [0.4, 0.5) is 0 Å². The van der Waals surface area contributed by atoms with Crippen molar-refractivity contribution in [1.82, 2.24) is 9.97 Å². The van der Waals surface area contributed by atoms with Crippen LogP contribution in [-0.4, -0.2) is 20.2 Å². The van der Waals surface area contributed by atoms with E-state index in [0.717, 1.165) is 66.4 Å². The molecule has 0 unspecified atom stereocenters. The summed E-state index contributed by atoms with van der Waals surface area (Å²) in [6.07, 6.45) is 0. The number of fused-ring (bicyclic) bond motifs is 3. The summed E-state index contributed by atoms with van der Waals surface area (Å²) < 4.78 is 6.34. The van der Waals surface area contributed by atoms with Gasteiger partial charge in [-0.25, -0.2) is 9.97 Å². The minimum absolute atomic E-state index is 0. The topological polar surface area (TPSA) is 79.4 Å². The van der Waals surface area contributed by atoms with Gasteiger partial charge in [0.2, 0.25) is 0 Å². The molecule has 71 heavy (non-hydrogen) atoms. The second-order valence-corrected chi connectivity index (χ2v) is 21.9. The van der Waals surface area contributed by atoms with Crippen molar-refractivity contribution in [3.63, 3.8) is 0 Å². The van der Waals surface area contributed by atoms with E-state index in [4.69, 9.17) is 14.4 Å². The average molecular weight is 1110 g/mol. The molecule has 358 valence electrons. The fourth-order valence-electron chi connectivity index (χ4n) is 9.66. The summed E-state index contributed by atoms with van der Waals surface area (Å²) in [5.41, 5.74) is 17.9. The number of hydrogen-bond donors (Lipinski definition) is 2. The Balaban J connectivity index is 0.00000624. The van der Waals surface area contributed by atoms with Crippen molar-refractivity contribution in [2.45, 2.75) is 85.5 Å². The number of phenolic OH excluding ortho intramolecular Hbond substituents is 2. The van der Waals surface area contributed by atoms with Crippen LogP contribution in [-0.2, 0) is 37.3 Å². The van der Waals surface area contributed by atoms with Crippen LogP contribution in [0.3, 0.4) is 0 Å². The Morgan fingerprint density at radius 3 is 1.49 bits per heavy atom. The smallest absolute Gasteiger partial charge is 0.136 e. The molecule has 0 bridgehead atoms. The first kappa shape index (κ1) is 48.9. The van der Waals surface area contributed by atoms with Crippen molar-refractivity contribution in [3.8, 4) is 89.9 Å². The summed E-state index contributed by atoms with van der Waals surface area (Å²) in [4.78, 5) is 10.7. The molecule has 10 aromatic rings. The normalized spacial score (nSPS) is 12.1. The Morgan fingerprint density at radius 2 is 0.887 bits per heavy atom.